The first-order valence-corrected chi connectivity index (χ1v) is 6.71. The van der Waals surface area contributed by atoms with Crippen LogP contribution in [0.1, 0.15) is 26.3 Å². The van der Waals surface area contributed by atoms with Crippen LogP contribution < -0.4 is 4.90 Å². The molecule has 1 aliphatic heterocycles. The molecule has 0 aliphatic carbocycles. The molecule has 3 nitrogen and oxygen atoms in total. The number of nitrogens with zero attached hydrogens (tertiary/aromatic N) is 3. The lowest BCUT2D eigenvalue weighted by Gasteiger charge is -2.42. The molecule has 0 bridgehead atoms. The SMILES string of the molecule is CC(C)(C)N1CCN(c2ccc(C(F)(F)F)cn2)CC1. The van der Waals surface area contributed by atoms with Gasteiger partial charge in [0.2, 0.25) is 0 Å². The maximum atomic E-state index is 12.5. The van der Waals surface area contributed by atoms with E-state index < -0.39 is 11.7 Å². The molecule has 1 aromatic heterocycles. The normalized spacial score (nSPS) is 18.4. The number of piperazine rings is 1. The Hall–Kier alpha value is -1.30. The van der Waals surface area contributed by atoms with Crippen LogP contribution in [0.15, 0.2) is 18.3 Å². The second kappa shape index (κ2) is 5.24. The number of aromatic nitrogens is 1. The number of hydrogen-bond donors (Lipinski definition) is 0. The van der Waals surface area contributed by atoms with E-state index >= 15 is 0 Å². The van der Waals surface area contributed by atoms with Crippen molar-refractivity contribution in [1.82, 2.24) is 9.88 Å². The minimum Gasteiger partial charge on any atom is -0.354 e. The van der Waals surface area contributed by atoms with Gasteiger partial charge in [-0.2, -0.15) is 13.2 Å². The van der Waals surface area contributed by atoms with Crippen molar-refractivity contribution >= 4 is 5.82 Å². The fourth-order valence-corrected chi connectivity index (χ4v) is 2.35. The first-order chi connectivity index (χ1) is 9.18. The third-order valence-electron chi connectivity index (χ3n) is 3.63. The van der Waals surface area contributed by atoms with Gasteiger partial charge in [0.25, 0.3) is 0 Å². The van der Waals surface area contributed by atoms with E-state index in [1.54, 1.807) is 0 Å². The van der Waals surface area contributed by atoms with Crippen LogP contribution in [0.25, 0.3) is 0 Å². The predicted octanol–water partition coefficient (Wildman–Crippen LogP) is 3.02. The molecule has 0 aromatic carbocycles. The van der Waals surface area contributed by atoms with E-state index in [0.717, 1.165) is 38.4 Å². The molecule has 1 fully saturated rings. The molecule has 0 radical (unpaired) electrons. The average Bonchev–Trinajstić information content (AvgIpc) is 2.37. The summed E-state index contributed by atoms with van der Waals surface area (Å²) in [5.74, 6) is 0.617. The summed E-state index contributed by atoms with van der Waals surface area (Å²) in [6.45, 7) is 9.86. The summed E-state index contributed by atoms with van der Waals surface area (Å²) in [4.78, 5) is 8.34. The van der Waals surface area contributed by atoms with Gasteiger partial charge in [0.1, 0.15) is 5.82 Å². The van der Waals surface area contributed by atoms with Gasteiger partial charge in [0.15, 0.2) is 0 Å². The van der Waals surface area contributed by atoms with Crippen molar-refractivity contribution in [3.63, 3.8) is 0 Å². The van der Waals surface area contributed by atoms with Crippen LogP contribution in [0.5, 0.6) is 0 Å². The molecule has 0 saturated carbocycles. The van der Waals surface area contributed by atoms with E-state index in [1.165, 1.54) is 6.07 Å². The second-order valence-electron chi connectivity index (χ2n) is 6.05. The maximum Gasteiger partial charge on any atom is 0.417 e. The van der Waals surface area contributed by atoms with Crippen molar-refractivity contribution in [1.29, 1.82) is 0 Å². The van der Waals surface area contributed by atoms with Gasteiger partial charge in [0.05, 0.1) is 5.56 Å². The summed E-state index contributed by atoms with van der Waals surface area (Å²) in [6, 6.07) is 2.55. The Labute approximate surface area is 117 Å². The lowest BCUT2D eigenvalue weighted by atomic mass is 10.0. The Kier molecular flexibility index (Phi) is 3.95. The number of hydrogen-bond acceptors (Lipinski definition) is 3. The topological polar surface area (TPSA) is 19.4 Å². The standard InChI is InChI=1S/C14H20F3N3/c1-13(2,3)20-8-6-19(7-9-20)12-5-4-11(10-18-12)14(15,16)17/h4-5,10H,6-9H2,1-3H3. The molecule has 0 amide bonds. The highest BCUT2D eigenvalue weighted by Crippen LogP contribution is 2.29. The average molecular weight is 287 g/mol. The molecular weight excluding hydrogens is 267 g/mol. The van der Waals surface area contributed by atoms with Gasteiger partial charge in [-0.1, -0.05) is 0 Å². The van der Waals surface area contributed by atoms with E-state index in [-0.39, 0.29) is 5.54 Å². The monoisotopic (exact) mass is 287 g/mol. The largest absolute Gasteiger partial charge is 0.417 e. The fraction of sp³-hybridized carbons (Fsp3) is 0.643. The summed E-state index contributed by atoms with van der Waals surface area (Å²) < 4.78 is 37.5. The number of pyridine rings is 1. The molecular formula is C14H20F3N3. The lowest BCUT2D eigenvalue weighted by molar-refractivity contribution is -0.137. The van der Waals surface area contributed by atoms with Gasteiger partial charge < -0.3 is 4.90 Å². The summed E-state index contributed by atoms with van der Waals surface area (Å²) >= 11 is 0. The molecule has 6 heteroatoms. The van der Waals surface area contributed by atoms with Gasteiger partial charge in [-0.25, -0.2) is 4.98 Å². The zero-order valence-corrected chi connectivity index (χ0v) is 12.0. The molecule has 20 heavy (non-hydrogen) atoms. The van der Waals surface area contributed by atoms with Crippen molar-refractivity contribution in [3.8, 4) is 0 Å². The van der Waals surface area contributed by atoms with Crippen LogP contribution in [0.2, 0.25) is 0 Å². The fourth-order valence-electron chi connectivity index (χ4n) is 2.35. The maximum absolute atomic E-state index is 12.5. The summed E-state index contributed by atoms with van der Waals surface area (Å²) in [7, 11) is 0. The molecule has 1 aromatic rings. The Balaban J connectivity index is 2.01. The molecule has 2 heterocycles. The Morgan fingerprint density at radius 1 is 1.00 bits per heavy atom. The second-order valence-corrected chi connectivity index (χ2v) is 6.05. The number of anilines is 1. The first-order valence-electron chi connectivity index (χ1n) is 6.71. The molecule has 0 unspecified atom stereocenters. The van der Waals surface area contributed by atoms with E-state index in [9.17, 15) is 13.2 Å². The van der Waals surface area contributed by atoms with Crippen molar-refractivity contribution < 1.29 is 13.2 Å². The minimum atomic E-state index is -4.32. The van der Waals surface area contributed by atoms with Crippen LogP contribution in [0.4, 0.5) is 19.0 Å². The minimum absolute atomic E-state index is 0.125. The highest BCUT2D eigenvalue weighted by Gasteiger charge is 2.31. The van der Waals surface area contributed by atoms with Gasteiger partial charge in [-0.05, 0) is 32.9 Å². The highest BCUT2D eigenvalue weighted by atomic mass is 19.4. The summed E-state index contributed by atoms with van der Waals surface area (Å²) in [5, 5.41) is 0. The zero-order valence-electron chi connectivity index (χ0n) is 12.0. The molecule has 1 aliphatic rings. The van der Waals surface area contributed by atoms with Crippen molar-refractivity contribution in [3.05, 3.63) is 23.9 Å². The van der Waals surface area contributed by atoms with Crippen LogP contribution in [0, 0.1) is 0 Å². The van der Waals surface area contributed by atoms with Gasteiger partial charge in [0, 0.05) is 37.9 Å². The quantitative estimate of drug-likeness (QED) is 0.791. The van der Waals surface area contributed by atoms with Gasteiger partial charge in [-0.3, -0.25) is 4.90 Å². The number of rotatable bonds is 1. The number of alkyl halides is 3. The molecule has 0 atom stereocenters. The highest BCUT2D eigenvalue weighted by molar-refractivity contribution is 5.40. The van der Waals surface area contributed by atoms with Crippen molar-refractivity contribution in [2.75, 3.05) is 31.1 Å². The smallest absolute Gasteiger partial charge is 0.354 e. The van der Waals surface area contributed by atoms with Crippen molar-refractivity contribution in [2.45, 2.75) is 32.5 Å². The Bertz CT molecular complexity index is 440. The molecule has 112 valence electrons. The van der Waals surface area contributed by atoms with Gasteiger partial charge >= 0.3 is 6.18 Å². The predicted molar refractivity (Wildman–Crippen MR) is 72.8 cm³/mol. The zero-order chi connectivity index (χ0) is 15.0. The number of halogens is 3. The van der Waals surface area contributed by atoms with Crippen LogP contribution >= 0.6 is 0 Å². The van der Waals surface area contributed by atoms with E-state index in [1.807, 2.05) is 4.90 Å². The van der Waals surface area contributed by atoms with Gasteiger partial charge in [-0.15, -0.1) is 0 Å². The lowest BCUT2D eigenvalue weighted by Crippen LogP contribution is -2.53. The molecule has 0 spiro atoms. The van der Waals surface area contributed by atoms with Crippen LogP contribution in [0.3, 0.4) is 0 Å². The van der Waals surface area contributed by atoms with Crippen LogP contribution in [-0.4, -0.2) is 41.6 Å². The van der Waals surface area contributed by atoms with E-state index in [2.05, 4.69) is 30.7 Å². The Morgan fingerprint density at radius 3 is 2.00 bits per heavy atom. The van der Waals surface area contributed by atoms with E-state index in [0.29, 0.717) is 5.82 Å². The van der Waals surface area contributed by atoms with Crippen molar-refractivity contribution in [2.24, 2.45) is 0 Å². The Morgan fingerprint density at radius 2 is 1.60 bits per heavy atom. The molecule has 0 N–H and O–H groups in total. The summed E-state index contributed by atoms with van der Waals surface area (Å²) in [5.41, 5.74) is -0.575. The van der Waals surface area contributed by atoms with E-state index in [4.69, 9.17) is 0 Å². The molecule has 2 rings (SSSR count). The first kappa shape index (κ1) is 15.1. The third-order valence-corrected chi connectivity index (χ3v) is 3.63. The summed E-state index contributed by atoms with van der Waals surface area (Å²) in [6.07, 6.45) is -3.41. The third kappa shape index (κ3) is 3.42. The van der Waals surface area contributed by atoms with Crippen LogP contribution in [-0.2, 0) is 6.18 Å². The molecule has 1 saturated heterocycles.